The van der Waals surface area contributed by atoms with Crippen LogP contribution in [0.5, 0.6) is 0 Å². The Morgan fingerprint density at radius 1 is 1.25 bits per heavy atom. The molecule has 1 heterocycles. The van der Waals surface area contributed by atoms with Crippen molar-refractivity contribution in [1.29, 1.82) is 0 Å². The molecule has 3 N–H and O–H groups in total. The van der Waals surface area contributed by atoms with Crippen molar-refractivity contribution >= 4 is 5.91 Å². The lowest BCUT2D eigenvalue weighted by Gasteiger charge is -2.41. The van der Waals surface area contributed by atoms with Crippen molar-refractivity contribution in [3.8, 4) is 0 Å². The van der Waals surface area contributed by atoms with Crippen LogP contribution in [-0.2, 0) is 4.79 Å². The number of amides is 1. The van der Waals surface area contributed by atoms with Gasteiger partial charge in [-0.25, -0.2) is 0 Å². The van der Waals surface area contributed by atoms with Gasteiger partial charge in [0, 0.05) is 31.2 Å². The summed E-state index contributed by atoms with van der Waals surface area (Å²) in [6.07, 6.45) is 6.35. The first-order valence-electron chi connectivity index (χ1n) is 8.13. The highest BCUT2D eigenvalue weighted by molar-refractivity contribution is 5.83. The number of likely N-dealkylation sites (tertiary alicyclic amines) is 1. The lowest BCUT2D eigenvalue weighted by Crippen LogP contribution is -2.53. The molecule has 0 unspecified atom stereocenters. The quantitative estimate of drug-likeness (QED) is 0.830. The number of piperidine rings is 1. The second-order valence-corrected chi connectivity index (χ2v) is 7.60. The number of nitrogens with two attached hydrogens (primary N) is 1. The van der Waals surface area contributed by atoms with Crippen molar-refractivity contribution in [3.05, 3.63) is 0 Å². The molecule has 4 heteroatoms. The third kappa shape index (κ3) is 3.34. The van der Waals surface area contributed by atoms with Crippen LogP contribution in [0.4, 0.5) is 0 Å². The Bertz CT molecular complexity index is 334. The van der Waals surface area contributed by atoms with Crippen LogP contribution in [0.3, 0.4) is 0 Å². The molecule has 20 heavy (non-hydrogen) atoms. The van der Waals surface area contributed by atoms with Crippen molar-refractivity contribution in [2.24, 2.45) is 11.1 Å². The fourth-order valence-electron chi connectivity index (χ4n) is 3.61. The molecule has 1 saturated heterocycles. The minimum Gasteiger partial charge on any atom is -0.353 e. The van der Waals surface area contributed by atoms with Crippen molar-refractivity contribution in [2.45, 2.75) is 70.9 Å². The van der Waals surface area contributed by atoms with E-state index in [1.54, 1.807) is 0 Å². The third-order valence-electron chi connectivity index (χ3n) is 5.21. The SMILES string of the molecule is CC(C)(C)N1CCC(NC(=O)C2(CN)CCCC2)CC1. The van der Waals surface area contributed by atoms with Crippen LogP contribution >= 0.6 is 0 Å². The Morgan fingerprint density at radius 3 is 2.25 bits per heavy atom. The van der Waals surface area contributed by atoms with Gasteiger partial charge in [-0.05, 0) is 46.5 Å². The molecular weight excluding hydrogens is 250 g/mol. The molecule has 0 aromatic rings. The minimum absolute atomic E-state index is 0.215. The van der Waals surface area contributed by atoms with Gasteiger partial charge >= 0.3 is 0 Å². The summed E-state index contributed by atoms with van der Waals surface area (Å²) in [4.78, 5) is 15.0. The molecule has 1 saturated carbocycles. The molecular formula is C16H31N3O. The summed E-state index contributed by atoms with van der Waals surface area (Å²) in [5, 5.41) is 3.28. The molecule has 0 atom stereocenters. The second kappa shape index (κ2) is 6.02. The van der Waals surface area contributed by atoms with E-state index in [2.05, 4.69) is 31.0 Å². The van der Waals surface area contributed by atoms with Crippen molar-refractivity contribution in [3.63, 3.8) is 0 Å². The Kier molecular flexibility index (Phi) is 4.75. The van der Waals surface area contributed by atoms with Crippen LogP contribution in [0.1, 0.15) is 59.3 Å². The molecule has 2 aliphatic rings. The molecule has 0 aromatic heterocycles. The number of hydrogen-bond donors (Lipinski definition) is 2. The highest BCUT2D eigenvalue weighted by Gasteiger charge is 2.40. The van der Waals surface area contributed by atoms with Gasteiger partial charge in [0.2, 0.25) is 5.91 Å². The van der Waals surface area contributed by atoms with E-state index in [0.29, 0.717) is 12.6 Å². The number of nitrogens with zero attached hydrogens (tertiary/aromatic N) is 1. The molecule has 0 bridgehead atoms. The van der Waals surface area contributed by atoms with Gasteiger partial charge in [-0.2, -0.15) is 0 Å². The summed E-state index contributed by atoms with van der Waals surface area (Å²) in [5.41, 5.74) is 5.86. The fraction of sp³-hybridized carbons (Fsp3) is 0.938. The summed E-state index contributed by atoms with van der Waals surface area (Å²) >= 11 is 0. The molecule has 0 aromatic carbocycles. The van der Waals surface area contributed by atoms with Gasteiger partial charge in [-0.3, -0.25) is 9.69 Å². The smallest absolute Gasteiger partial charge is 0.227 e. The van der Waals surface area contributed by atoms with E-state index in [9.17, 15) is 4.79 Å². The first-order valence-corrected chi connectivity index (χ1v) is 8.13. The maximum absolute atomic E-state index is 12.5. The summed E-state index contributed by atoms with van der Waals surface area (Å²) in [7, 11) is 0. The van der Waals surface area contributed by atoms with E-state index >= 15 is 0 Å². The maximum atomic E-state index is 12.5. The number of carbonyl (C=O) groups is 1. The Hall–Kier alpha value is -0.610. The summed E-state index contributed by atoms with van der Waals surface area (Å²) in [6.45, 7) is 9.42. The van der Waals surface area contributed by atoms with E-state index in [-0.39, 0.29) is 16.9 Å². The molecule has 1 amide bonds. The topological polar surface area (TPSA) is 58.4 Å². The van der Waals surface area contributed by atoms with Crippen LogP contribution in [0.25, 0.3) is 0 Å². The Labute approximate surface area is 123 Å². The third-order valence-corrected chi connectivity index (χ3v) is 5.21. The minimum atomic E-state index is -0.263. The number of hydrogen-bond acceptors (Lipinski definition) is 3. The van der Waals surface area contributed by atoms with E-state index in [1.165, 1.54) is 0 Å². The number of carbonyl (C=O) groups excluding carboxylic acids is 1. The van der Waals surface area contributed by atoms with Crippen molar-refractivity contribution in [1.82, 2.24) is 10.2 Å². The number of nitrogens with one attached hydrogen (secondary N) is 1. The van der Waals surface area contributed by atoms with Crippen molar-refractivity contribution < 1.29 is 4.79 Å². The van der Waals surface area contributed by atoms with Gasteiger partial charge in [0.1, 0.15) is 0 Å². The average molecular weight is 281 g/mol. The lowest BCUT2D eigenvalue weighted by molar-refractivity contribution is -0.131. The van der Waals surface area contributed by atoms with E-state index in [0.717, 1.165) is 51.6 Å². The molecule has 1 aliphatic heterocycles. The van der Waals surface area contributed by atoms with Gasteiger partial charge in [0.25, 0.3) is 0 Å². The number of rotatable bonds is 3. The Morgan fingerprint density at radius 2 is 1.80 bits per heavy atom. The summed E-state index contributed by atoms with van der Waals surface area (Å²) < 4.78 is 0. The first-order chi connectivity index (χ1) is 9.37. The lowest BCUT2D eigenvalue weighted by atomic mass is 9.84. The van der Waals surface area contributed by atoms with E-state index in [1.807, 2.05) is 0 Å². The monoisotopic (exact) mass is 281 g/mol. The predicted octanol–water partition coefficient (Wildman–Crippen LogP) is 1.88. The molecule has 116 valence electrons. The van der Waals surface area contributed by atoms with Crippen LogP contribution < -0.4 is 11.1 Å². The standard InChI is InChI=1S/C16H31N3O/c1-15(2,3)19-10-6-13(7-11-19)18-14(20)16(12-17)8-4-5-9-16/h13H,4-12,17H2,1-3H3,(H,18,20). The van der Waals surface area contributed by atoms with E-state index in [4.69, 9.17) is 5.73 Å². The van der Waals surface area contributed by atoms with Gasteiger partial charge in [-0.1, -0.05) is 12.8 Å². The summed E-state index contributed by atoms with van der Waals surface area (Å²) in [6, 6.07) is 0.338. The van der Waals surface area contributed by atoms with Gasteiger partial charge in [-0.15, -0.1) is 0 Å². The van der Waals surface area contributed by atoms with Crippen LogP contribution in [0, 0.1) is 5.41 Å². The molecule has 2 fully saturated rings. The zero-order valence-electron chi connectivity index (χ0n) is 13.4. The maximum Gasteiger partial charge on any atom is 0.227 e. The molecule has 4 nitrogen and oxygen atoms in total. The second-order valence-electron chi connectivity index (χ2n) is 7.60. The predicted molar refractivity (Wildman–Crippen MR) is 82.4 cm³/mol. The first kappa shape index (κ1) is 15.8. The summed E-state index contributed by atoms with van der Waals surface area (Å²) in [5.74, 6) is 0.215. The highest BCUT2D eigenvalue weighted by atomic mass is 16.2. The van der Waals surface area contributed by atoms with Crippen LogP contribution in [-0.4, -0.2) is 42.0 Å². The normalized spacial score (nSPS) is 24.8. The van der Waals surface area contributed by atoms with Crippen LogP contribution in [0.2, 0.25) is 0 Å². The van der Waals surface area contributed by atoms with Gasteiger partial charge in [0.05, 0.1) is 5.41 Å². The zero-order chi connectivity index (χ0) is 14.8. The Balaban J connectivity index is 1.85. The van der Waals surface area contributed by atoms with Gasteiger partial charge < -0.3 is 11.1 Å². The average Bonchev–Trinajstić information content (AvgIpc) is 2.88. The van der Waals surface area contributed by atoms with Gasteiger partial charge in [0.15, 0.2) is 0 Å². The molecule has 2 rings (SSSR count). The molecule has 0 radical (unpaired) electrons. The molecule has 0 spiro atoms. The molecule has 1 aliphatic carbocycles. The van der Waals surface area contributed by atoms with Crippen LogP contribution in [0.15, 0.2) is 0 Å². The fourth-order valence-corrected chi connectivity index (χ4v) is 3.61. The van der Waals surface area contributed by atoms with Crippen molar-refractivity contribution in [2.75, 3.05) is 19.6 Å². The van der Waals surface area contributed by atoms with E-state index < -0.39 is 0 Å². The highest BCUT2D eigenvalue weighted by Crippen LogP contribution is 2.37. The largest absolute Gasteiger partial charge is 0.353 e. The zero-order valence-corrected chi connectivity index (χ0v) is 13.4.